The fourth-order valence-electron chi connectivity index (χ4n) is 3.66. The first kappa shape index (κ1) is 17.9. The van der Waals surface area contributed by atoms with Crippen LogP contribution in [0.3, 0.4) is 0 Å². The first-order valence-corrected chi connectivity index (χ1v) is 9.51. The fourth-order valence-corrected chi connectivity index (χ4v) is 3.66. The van der Waals surface area contributed by atoms with Crippen LogP contribution in [0.25, 0.3) is 0 Å². The maximum absolute atomic E-state index is 11.8. The molecule has 1 aromatic carbocycles. The van der Waals surface area contributed by atoms with Crippen LogP contribution in [0.4, 0.5) is 0 Å². The lowest BCUT2D eigenvalue weighted by Gasteiger charge is -2.34. The molecular formula is C20H26N4O3. The van der Waals surface area contributed by atoms with Crippen LogP contribution in [0.15, 0.2) is 30.5 Å². The van der Waals surface area contributed by atoms with Gasteiger partial charge in [-0.25, -0.2) is 0 Å². The van der Waals surface area contributed by atoms with E-state index in [-0.39, 0.29) is 17.9 Å². The van der Waals surface area contributed by atoms with Crippen molar-refractivity contribution >= 4 is 5.91 Å². The molecule has 0 spiro atoms. The molecule has 7 nitrogen and oxygen atoms in total. The number of carbonyl (C=O) groups excluding carboxylic acids is 1. The third-order valence-electron chi connectivity index (χ3n) is 5.10. The maximum Gasteiger partial charge on any atom is 0.231 e. The summed E-state index contributed by atoms with van der Waals surface area (Å²) in [5.41, 5.74) is 2.42. The van der Waals surface area contributed by atoms with Crippen molar-refractivity contribution in [2.45, 2.75) is 39.4 Å². The summed E-state index contributed by atoms with van der Waals surface area (Å²) in [6.07, 6.45) is 2.73. The molecule has 144 valence electrons. The largest absolute Gasteiger partial charge is 0.454 e. The lowest BCUT2D eigenvalue weighted by atomic mass is 10.1. The predicted octanol–water partition coefficient (Wildman–Crippen LogP) is 2.33. The Balaban J connectivity index is 1.41. The average Bonchev–Trinajstić information content (AvgIpc) is 3.29. The van der Waals surface area contributed by atoms with Gasteiger partial charge in [0.2, 0.25) is 12.7 Å². The Morgan fingerprint density at radius 1 is 1.30 bits per heavy atom. The molecule has 0 fully saturated rings. The van der Waals surface area contributed by atoms with Gasteiger partial charge in [-0.2, -0.15) is 5.10 Å². The van der Waals surface area contributed by atoms with Crippen LogP contribution in [0, 0.1) is 5.92 Å². The standard InChI is InChI=1S/C20H26N4O3/c1-14(2)20(25)21-7-5-16-11-23(12-17-6-8-22-24(16)17)10-15-3-4-18-19(9-15)27-13-26-18/h3-4,6,8-9,14,16H,5,7,10-13H2,1-2H3,(H,21,25). The zero-order valence-electron chi connectivity index (χ0n) is 15.9. The molecule has 2 aliphatic heterocycles. The summed E-state index contributed by atoms with van der Waals surface area (Å²) in [6.45, 7) is 7.40. The summed E-state index contributed by atoms with van der Waals surface area (Å²) in [7, 11) is 0. The maximum atomic E-state index is 11.8. The molecular weight excluding hydrogens is 344 g/mol. The number of carbonyl (C=O) groups is 1. The van der Waals surface area contributed by atoms with E-state index in [1.54, 1.807) is 0 Å². The quantitative estimate of drug-likeness (QED) is 0.845. The number of ether oxygens (including phenoxy) is 2. The van der Waals surface area contributed by atoms with E-state index < -0.39 is 0 Å². The van der Waals surface area contributed by atoms with E-state index in [9.17, 15) is 4.79 Å². The van der Waals surface area contributed by atoms with E-state index >= 15 is 0 Å². The normalized spacial score (nSPS) is 18.6. The number of hydrogen-bond acceptors (Lipinski definition) is 5. The molecule has 1 unspecified atom stereocenters. The van der Waals surface area contributed by atoms with E-state index in [4.69, 9.17) is 9.47 Å². The van der Waals surface area contributed by atoms with Gasteiger partial charge in [0.05, 0.1) is 11.7 Å². The van der Waals surface area contributed by atoms with Crippen molar-refractivity contribution < 1.29 is 14.3 Å². The first-order chi connectivity index (χ1) is 13.1. The van der Waals surface area contributed by atoms with Crippen LogP contribution in [0.2, 0.25) is 0 Å². The van der Waals surface area contributed by atoms with Crippen LogP contribution in [-0.2, 0) is 17.9 Å². The van der Waals surface area contributed by atoms with Crippen LogP contribution >= 0.6 is 0 Å². The molecule has 7 heteroatoms. The monoisotopic (exact) mass is 370 g/mol. The summed E-state index contributed by atoms with van der Waals surface area (Å²) in [4.78, 5) is 14.2. The number of nitrogens with one attached hydrogen (secondary N) is 1. The third kappa shape index (κ3) is 3.93. The molecule has 1 aromatic heterocycles. The Morgan fingerprint density at radius 3 is 3.00 bits per heavy atom. The summed E-state index contributed by atoms with van der Waals surface area (Å²) >= 11 is 0. The molecule has 2 aromatic rings. The smallest absolute Gasteiger partial charge is 0.231 e. The van der Waals surface area contributed by atoms with E-state index in [2.05, 4.69) is 38.2 Å². The molecule has 0 radical (unpaired) electrons. The molecule has 0 bridgehead atoms. The number of fused-ring (bicyclic) bond motifs is 2. The van der Waals surface area contributed by atoms with Crippen molar-refractivity contribution in [1.82, 2.24) is 20.0 Å². The number of benzene rings is 1. The van der Waals surface area contributed by atoms with E-state index in [0.717, 1.165) is 37.6 Å². The zero-order valence-corrected chi connectivity index (χ0v) is 15.9. The number of hydrogen-bond donors (Lipinski definition) is 1. The van der Waals surface area contributed by atoms with Gasteiger partial charge in [0.1, 0.15) is 0 Å². The Kier molecular flexibility index (Phi) is 5.03. The predicted molar refractivity (Wildman–Crippen MR) is 100 cm³/mol. The molecule has 4 rings (SSSR count). The van der Waals surface area contributed by atoms with Crippen molar-refractivity contribution in [3.8, 4) is 11.5 Å². The number of amides is 1. The lowest BCUT2D eigenvalue weighted by Crippen LogP contribution is -2.39. The molecule has 0 saturated carbocycles. The van der Waals surface area contributed by atoms with Crippen molar-refractivity contribution in [2.75, 3.05) is 19.9 Å². The van der Waals surface area contributed by atoms with Gasteiger partial charge in [-0.1, -0.05) is 19.9 Å². The van der Waals surface area contributed by atoms with Crippen molar-refractivity contribution in [2.24, 2.45) is 5.92 Å². The van der Waals surface area contributed by atoms with Gasteiger partial charge < -0.3 is 14.8 Å². The fraction of sp³-hybridized carbons (Fsp3) is 0.500. The third-order valence-corrected chi connectivity index (χ3v) is 5.10. The van der Waals surface area contributed by atoms with Gasteiger partial charge in [-0.05, 0) is 30.2 Å². The van der Waals surface area contributed by atoms with Gasteiger partial charge >= 0.3 is 0 Å². The molecule has 1 atom stereocenters. The van der Waals surface area contributed by atoms with Gasteiger partial charge in [-0.15, -0.1) is 0 Å². The highest BCUT2D eigenvalue weighted by Gasteiger charge is 2.26. The molecule has 3 heterocycles. The summed E-state index contributed by atoms with van der Waals surface area (Å²) < 4.78 is 13.0. The van der Waals surface area contributed by atoms with E-state index in [1.165, 1.54) is 11.3 Å². The first-order valence-electron chi connectivity index (χ1n) is 9.51. The van der Waals surface area contributed by atoms with Crippen LogP contribution in [0.1, 0.15) is 37.6 Å². The van der Waals surface area contributed by atoms with Crippen LogP contribution in [0.5, 0.6) is 11.5 Å². The van der Waals surface area contributed by atoms with Crippen LogP contribution in [-0.4, -0.2) is 40.5 Å². The minimum Gasteiger partial charge on any atom is -0.454 e. The summed E-state index contributed by atoms with van der Waals surface area (Å²) in [5.74, 6) is 1.75. The molecule has 0 saturated heterocycles. The van der Waals surface area contributed by atoms with E-state index in [0.29, 0.717) is 13.3 Å². The zero-order chi connectivity index (χ0) is 18.8. The second kappa shape index (κ2) is 7.60. The van der Waals surface area contributed by atoms with Gasteiger partial charge in [0.15, 0.2) is 11.5 Å². The average molecular weight is 370 g/mol. The minimum absolute atomic E-state index is 0.0131. The van der Waals surface area contributed by atoms with Crippen LogP contribution < -0.4 is 14.8 Å². The minimum atomic E-state index is 0.0131. The highest BCUT2D eigenvalue weighted by molar-refractivity contribution is 5.77. The Bertz CT molecular complexity index is 817. The van der Waals surface area contributed by atoms with Crippen molar-refractivity contribution in [1.29, 1.82) is 0 Å². The number of nitrogens with zero attached hydrogens (tertiary/aromatic N) is 3. The molecule has 0 aliphatic carbocycles. The topological polar surface area (TPSA) is 68.6 Å². The second-order valence-corrected chi connectivity index (χ2v) is 7.51. The molecule has 1 N–H and O–H groups in total. The molecule has 27 heavy (non-hydrogen) atoms. The lowest BCUT2D eigenvalue weighted by molar-refractivity contribution is -0.124. The number of aromatic nitrogens is 2. The van der Waals surface area contributed by atoms with Crippen molar-refractivity contribution in [3.63, 3.8) is 0 Å². The Hall–Kier alpha value is -2.54. The van der Waals surface area contributed by atoms with Crippen molar-refractivity contribution in [3.05, 3.63) is 41.7 Å². The molecule has 1 amide bonds. The van der Waals surface area contributed by atoms with E-state index in [1.807, 2.05) is 26.1 Å². The SMILES string of the molecule is CC(C)C(=O)NCCC1CN(Cc2ccc3c(c2)OCO3)Cc2ccnn21. The van der Waals surface area contributed by atoms with Gasteiger partial charge in [-0.3, -0.25) is 14.4 Å². The highest BCUT2D eigenvalue weighted by Crippen LogP contribution is 2.33. The van der Waals surface area contributed by atoms with Gasteiger partial charge in [0, 0.05) is 38.3 Å². The highest BCUT2D eigenvalue weighted by atomic mass is 16.7. The van der Waals surface area contributed by atoms with Gasteiger partial charge in [0.25, 0.3) is 0 Å². The summed E-state index contributed by atoms with van der Waals surface area (Å²) in [5, 5.41) is 7.52. The Labute approximate surface area is 159 Å². The Morgan fingerprint density at radius 2 is 2.15 bits per heavy atom. The number of rotatable bonds is 6. The summed E-state index contributed by atoms with van der Waals surface area (Å²) in [6, 6.07) is 8.46. The molecule has 2 aliphatic rings. The second-order valence-electron chi connectivity index (χ2n) is 7.51.